The van der Waals surface area contributed by atoms with E-state index in [9.17, 15) is 4.79 Å². The molecule has 0 heterocycles. The van der Waals surface area contributed by atoms with E-state index in [1.165, 1.54) is 6.92 Å². The standard InChI is InChI=1S/C5H10N2O/c1-3-5(6)7-4(2)8/h3H2,1-2H3,(H2,6,7,8). The normalized spacial score (nSPS) is 8.25. The van der Waals surface area contributed by atoms with Gasteiger partial charge in [-0.15, -0.1) is 0 Å². The first kappa shape index (κ1) is 7.14. The molecule has 0 aromatic heterocycles. The Labute approximate surface area is 48.6 Å². The number of amides is 1. The summed E-state index contributed by atoms with van der Waals surface area (Å²) in [6.07, 6.45) is 0.583. The maximum absolute atomic E-state index is 10.2. The molecule has 0 aromatic carbocycles. The van der Waals surface area contributed by atoms with Crippen LogP contribution in [0.1, 0.15) is 20.3 Å². The highest BCUT2D eigenvalue weighted by Gasteiger charge is 1.91. The summed E-state index contributed by atoms with van der Waals surface area (Å²) in [5, 5.41) is 9.27. The van der Waals surface area contributed by atoms with Crippen molar-refractivity contribution in [2.45, 2.75) is 20.3 Å². The van der Waals surface area contributed by atoms with Crippen molar-refractivity contribution in [3.8, 4) is 0 Å². The highest BCUT2D eigenvalue weighted by atomic mass is 16.1. The molecule has 0 atom stereocenters. The summed E-state index contributed by atoms with van der Waals surface area (Å²) >= 11 is 0. The van der Waals surface area contributed by atoms with Gasteiger partial charge in [0, 0.05) is 13.3 Å². The second-order valence-corrected chi connectivity index (χ2v) is 1.51. The number of hydrogen-bond acceptors (Lipinski definition) is 2. The molecule has 0 saturated heterocycles. The van der Waals surface area contributed by atoms with Gasteiger partial charge < -0.3 is 5.32 Å². The summed E-state index contributed by atoms with van der Waals surface area (Å²) in [6.45, 7) is 3.21. The average Bonchev–Trinajstić information content (AvgIpc) is 1.65. The van der Waals surface area contributed by atoms with Crippen molar-refractivity contribution < 1.29 is 4.79 Å². The van der Waals surface area contributed by atoms with E-state index < -0.39 is 0 Å². The zero-order valence-corrected chi connectivity index (χ0v) is 5.12. The number of rotatable bonds is 1. The molecule has 0 fully saturated rings. The second-order valence-electron chi connectivity index (χ2n) is 1.51. The molecule has 0 unspecified atom stereocenters. The van der Waals surface area contributed by atoms with Crippen LogP contribution in [0.4, 0.5) is 0 Å². The minimum atomic E-state index is -0.170. The smallest absolute Gasteiger partial charge is 0.222 e. The van der Waals surface area contributed by atoms with Crippen LogP contribution in [-0.4, -0.2) is 11.7 Å². The molecule has 0 aliphatic carbocycles. The average molecular weight is 114 g/mol. The summed E-state index contributed by atoms with van der Waals surface area (Å²) in [5.41, 5.74) is 0. The molecule has 3 nitrogen and oxygen atoms in total. The van der Waals surface area contributed by atoms with Crippen LogP contribution in [0.25, 0.3) is 0 Å². The van der Waals surface area contributed by atoms with E-state index in [2.05, 4.69) is 5.32 Å². The Morgan fingerprint density at radius 1 is 1.75 bits per heavy atom. The van der Waals surface area contributed by atoms with Gasteiger partial charge in [0.1, 0.15) is 0 Å². The van der Waals surface area contributed by atoms with Crippen LogP contribution < -0.4 is 5.32 Å². The van der Waals surface area contributed by atoms with Crippen LogP contribution in [0.3, 0.4) is 0 Å². The van der Waals surface area contributed by atoms with Crippen molar-refractivity contribution in [3.63, 3.8) is 0 Å². The monoisotopic (exact) mass is 114 g/mol. The van der Waals surface area contributed by atoms with E-state index in [0.717, 1.165) is 0 Å². The first-order valence-corrected chi connectivity index (χ1v) is 2.51. The molecule has 0 bridgehead atoms. The lowest BCUT2D eigenvalue weighted by Gasteiger charge is -1.96. The fourth-order valence-electron chi connectivity index (χ4n) is 0.301. The topological polar surface area (TPSA) is 53.0 Å². The lowest BCUT2D eigenvalue weighted by atomic mass is 10.4. The minimum Gasteiger partial charge on any atom is -0.315 e. The third-order valence-corrected chi connectivity index (χ3v) is 0.680. The second kappa shape index (κ2) is 3.18. The Balaban J connectivity index is 3.40. The lowest BCUT2D eigenvalue weighted by Crippen LogP contribution is -2.26. The first-order valence-electron chi connectivity index (χ1n) is 2.51. The zero-order chi connectivity index (χ0) is 6.57. The van der Waals surface area contributed by atoms with Crippen molar-refractivity contribution >= 4 is 11.7 Å². The first-order chi connectivity index (χ1) is 3.66. The predicted molar refractivity (Wildman–Crippen MR) is 31.8 cm³/mol. The highest BCUT2D eigenvalue weighted by Crippen LogP contribution is 1.73. The number of nitrogens with one attached hydrogen (secondary N) is 2. The van der Waals surface area contributed by atoms with Crippen LogP contribution in [0, 0.1) is 5.41 Å². The van der Waals surface area contributed by atoms with Crippen molar-refractivity contribution in [1.82, 2.24) is 5.32 Å². The lowest BCUT2D eigenvalue weighted by molar-refractivity contribution is -0.117. The summed E-state index contributed by atoms with van der Waals surface area (Å²) in [6, 6.07) is 0. The van der Waals surface area contributed by atoms with Gasteiger partial charge >= 0.3 is 0 Å². The summed E-state index contributed by atoms with van der Waals surface area (Å²) < 4.78 is 0. The van der Waals surface area contributed by atoms with E-state index in [-0.39, 0.29) is 11.7 Å². The molecule has 0 aliphatic heterocycles. The number of amidine groups is 1. The van der Waals surface area contributed by atoms with Gasteiger partial charge in [-0.05, 0) is 0 Å². The third kappa shape index (κ3) is 3.33. The van der Waals surface area contributed by atoms with Crippen molar-refractivity contribution in [3.05, 3.63) is 0 Å². The molecule has 2 N–H and O–H groups in total. The predicted octanol–water partition coefficient (Wildman–Crippen LogP) is 0.510. The summed E-state index contributed by atoms with van der Waals surface area (Å²) in [5.74, 6) is 0.106. The van der Waals surface area contributed by atoms with Gasteiger partial charge in [0.15, 0.2) is 0 Å². The fourth-order valence-corrected chi connectivity index (χ4v) is 0.301. The SMILES string of the molecule is CCC(=N)NC(C)=O. The van der Waals surface area contributed by atoms with E-state index in [4.69, 9.17) is 5.41 Å². The molecule has 0 saturated carbocycles. The van der Waals surface area contributed by atoms with Gasteiger partial charge in [0.2, 0.25) is 5.91 Å². The molecule has 46 valence electrons. The molecule has 0 rings (SSSR count). The van der Waals surface area contributed by atoms with E-state index >= 15 is 0 Å². The van der Waals surface area contributed by atoms with Crippen molar-refractivity contribution in [1.29, 1.82) is 5.41 Å². The van der Waals surface area contributed by atoms with Crippen LogP contribution in [0.5, 0.6) is 0 Å². The maximum atomic E-state index is 10.2. The Bertz CT molecular complexity index is 109. The van der Waals surface area contributed by atoms with Crippen molar-refractivity contribution in [2.75, 3.05) is 0 Å². The fraction of sp³-hybridized carbons (Fsp3) is 0.600. The van der Waals surface area contributed by atoms with Crippen LogP contribution >= 0.6 is 0 Å². The van der Waals surface area contributed by atoms with E-state index in [0.29, 0.717) is 6.42 Å². The molecule has 1 amide bonds. The van der Waals surface area contributed by atoms with Gasteiger partial charge in [-0.2, -0.15) is 0 Å². The van der Waals surface area contributed by atoms with E-state index in [1.54, 1.807) is 0 Å². The van der Waals surface area contributed by atoms with Crippen molar-refractivity contribution in [2.24, 2.45) is 0 Å². The summed E-state index contributed by atoms with van der Waals surface area (Å²) in [7, 11) is 0. The molecule has 0 radical (unpaired) electrons. The van der Waals surface area contributed by atoms with E-state index in [1.807, 2.05) is 6.92 Å². The maximum Gasteiger partial charge on any atom is 0.222 e. The molecular weight excluding hydrogens is 104 g/mol. The van der Waals surface area contributed by atoms with Gasteiger partial charge in [0.25, 0.3) is 0 Å². The molecule has 0 aromatic rings. The molecule has 8 heavy (non-hydrogen) atoms. The number of hydrogen-bond donors (Lipinski definition) is 2. The van der Waals surface area contributed by atoms with Crippen LogP contribution in [0.15, 0.2) is 0 Å². The quantitative estimate of drug-likeness (QED) is 0.378. The molecule has 0 spiro atoms. The van der Waals surface area contributed by atoms with Gasteiger partial charge in [0.05, 0.1) is 5.84 Å². The number of carbonyl (C=O) groups is 1. The van der Waals surface area contributed by atoms with Crippen LogP contribution in [0.2, 0.25) is 0 Å². The van der Waals surface area contributed by atoms with Gasteiger partial charge in [-0.3, -0.25) is 10.2 Å². The Morgan fingerprint density at radius 3 is 2.38 bits per heavy atom. The largest absolute Gasteiger partial charge is 0.315 e. The minimum absolute atomic E-state index is 0.170. The molecule has 0 aliphatic rings. The van der Waals surface area contributed by atoms with Gasteiger partial charge in [-0.25, -0.2) is 0 Å². The summed E-state index contributed by atoms with van der Waals surface area (Å²) in [4.78, 5) is 10.2. The number of carbonyl (C=O) groups excluding carboxylic acids is 1. The molecule has 3 heteroatoms. The third-order valence-electron chi connectivity index (χ3n) is 0.680. The van der Waals surface area contributed by atoms with Crippen LogP contribution in [-0.2, 0) is 4.79 Å². The van der Waals surface area contributed by atoms with Gasteiger partial charge in [-0.1, -0.05) is 6.92 Å². The zero-order valence-electron chi connectivity index (χ0n) is 5.12. The Kier molecular flexibility index (Phi) is 2.84. The highest BCUT2D eigenvalue weighted by molar-refractivity contribution is 5.95. The molecular formula is C5H10N2O. The Hall–Kier alpha value is -0.860. The Morgan fingerprint density at radius 2 is 2.25 bits per heavy atom.